The molecule has 0 aliphatic heterocycles. The normalized spacial score (nSPS) is 13.6. The summed E-state index contributed by atoms with van der Waals surface area (Å²) in [5.74, 6) is -1.88. The Morgan fingerprint density at radius 2 is 2.00 bits per heavy atom. The Morgan fingerprint density at radius 3 is 2.47 bits per heavy atom. The summed E-state index contributed by atoms with van der Waals surface area (Å²) in [5.41, 5.74) is 0. The number of amides is 1. The number of carbonyl (C=O) groups is 2. The highest BCUT2D eigenvalue weighted by molar-refractivity contribution is 9.10. The molecule has 2 unspecified atom stereocenters. The third-order valence-electron chi connectivity index (χ3n) is 2.26. The summed E-state index contributed by atoms with van der Waals surface area (Å²) >= 11 is 4.58. The van der Waals surface area contributed by atoms with E-state index in [1.54, 1.807) is 6.92 Å². The van der Waals surface area contributed by atoms with Crippen LogP contribution in [0.15, 0.2) is 33.6 Å². The summed E-state index contributed by atoms with van der Waals surface area (Å²) in [6, 6.07) is 5.87. The molecule has 1 aromatic rings. The number of benzene rings is 1. The lowest BCUT2D eigenvalue weighted by Gasteiger charge is -2.15. The van der Waals surface area contributed by atoms with Crippen molar-refractivity contribution in [1.82, 2.24) is 5.32 Å². The van der Waals surface area contributed by atoms with Crippen molar-refractivity contribution in [3.8, 4) is 0 Å². The van der Waals surface area contributed by atoms with Crippen LogP contribution >= 0.6 is 27.7 Å². The lowest BCUT2D eigenvalue weighted by Crippen LogP contribution is -2.45. The molecule has 1 aromatic carbocycles. The number of alkyl halides is 1. The molecular formula is C12H13BrFNO3S. The lowest BCUT2D eigenvalue weighted by molar-refractivity contribution is -0.142. The van der Waals surface area contributed by atoms with Crippen molar-refractivity contribution >= 4 is 39.6 Å². The number of hydrogen-bond donors (Lipinski definition) is 2. The molecule has 0 bridgehead atoms. The second-order valence-corrected chi connectivity index (χ2v) is 6.10. The van der Waals surface area contributed by atoms with Crippen molar-refractivity contribution in [1.29, 1.82) is 0 Å². The second kappa shape index (κ2) is 7.49. The number of carboxylic acid groups (broad SMARTS) is 1. The molecule has 0 spiro atoms. The van der Waals surface area contributed by atoms with Crippen LogP contribution in [0.25, 0.3) is 0 Å². The van der Waals surface area contributed by atoms with Gasteiger partial charge in [0.25, 0.3) is 0 Å². The summed E-state index contributed by atoms with van der Waals surface area (Å²) in [6.07, 6.45) is 0. The molecule has 104 valence electrons. The Bertz CT molecular complexity index is 455. The van der Waals surface area contributed by atoms with E-state index in [9.17, 15) is 14.0 Å². The van der Waals surface area contributed by atoms with Gasteiger partial charge in [0.05, 0.1) is 5.25 Å². The second-order valence-electron chi connectivity index (χ2n) is 3.77. The van der Waals surface area contributed by atoms with Crippen molar-refractivity contribution < 1.29 is 19.1 Å². The molecule has 19 heavy (non-hydrogen) atoms. The van der Waals surface area contributed by atoms with E-state index in [1.165, 1.54) is 11.8 Å². The molecule has 0 saturated carbocycles. The van der Waals surface area contributed by atoms with Crippen molar-refractivity contribution in [3.05, 3.63) is 28.7 Å². The topological polar surface area (TPSA) is 66.4 Å². The molecule has 0 aromatic heterocycles. The SMILES string of the molecule is CC(Sc1ccc(Br)cc1)C(=O)NC(CF)C(=O)O. The third-order valence-corrected chi connectivity index (χ3v) is 3.91. The maximum atomic E-state index is 12.4. The highest BCUT2D eigenvalue weighted by atomic mass is 79.9. The van der Waals surface area contributed by atoms with E-state index in [0.717, 1.165) is 9.37 Å². The van der Waals surface area contributed by atoms with Crippen molar-refractivity contribution in [2.45, 2.75) is 23.1 Å². The van der Waals surface area contributed by atoms with Gasteiger partial charge in [0, 0.05) is 9.37 Å². The van der Waals surface area contributed by atoms with Crippen LogP contribution in [0.3, 0.4) is 0 Å². The fourth-order valence-corrected chi connectivity index (χ4v) is 2.37. The van der Waals surface area contributed by atoms with Crippen LogP contribution in [-0.2, 0) is 9.59 Å². The Kier molecular flexibility index (Phi) is 6.30. The first-order valence-electron chi connectivity index (χ1n) is 5.45. The predicted molar refractivity (Wildman–Crippen MR) is 75.0 cm³/mol. The molecule has 4 nitrogen and oxygen atoms in total. The van der Waals surface area contributed by atoms with Crippen molar-refractivity contribution in [3.63, 3.8) is 0 Å². The van der Waals surface area contributed by atoms with Gasteiger partial charge in [-0.3, -0.25) is 4.79 Å². The zero-order chi connectivity index (χ0) is 14.4. The van der Waals surface area contributed by atoms with E-state index < -0.39 is 29.8 Å². The Morgan fingerprint density at radius 1 is 1.42 bits per heavy atom. The van der Waals surface area contributed by atoms with Crippen LogP contribution in [0, 0.1) is 0 Å². The number of carboxylic acids is 1. The minimum atomic E-state index is -1.49. The van der Waals surface area contributed by atoms with Crippen LogP contribution in [-0.4, -0.2) is 34.9 Å². The Hall–Kier alpha value is -1.08. The number of hydrogen-bond acceptors (Lipinski definition) is 3. The monoisotopic (exact) mass is 349 g/mol. The fourth-order valence-electron chi connectivity index (χ4n) is 1.23. The third kappa shape index (κ3) is 5.20. The lowest BCUT2D eigenvalue weighted by atomic mass is 10.3. The first kappa shape index (κ1) is 16.0. The minimum absolute atomic E-state index is 0.502. The minimum Gasteiger partial charge on any atom is -0.480 e. The first-order valence-corrected chi connectivity index (χ1v) is 7.12. The van der Waals surface area contributed by atoms with Gasteiger partial charge in [-0.2, -0.15) is 0 Å². The van der Waals surface area contributed by atoms with Gasteiger partial charge in [0.1, 0.15) is 6.67 Å². The molecule has 0 saturated heterocycles. The molecule has 2 atom stereocenters. The molecule has 0 radical (unpaired) electrons. The molecule has 0 aliphatic carbocycles. The van der Waals surface area contributed by atoms with E-state index in [-0.39, 0.29) is 0 Å². The summed E-state index contributed by atoms with van der Waals surface area (Å²) in [5, 5.41) is 10.3. The maximum absolute atomic E-state index is 12.4. The molecule has 2 N–H and O–H groups in total. The highest BCUT2D eigenvalue weighted by Gasteiger charge is 2.23. The Labute approximate surface area is 122 Å². The number of carbonyl (C=O) groups excluding carboxylic acids is 1. The van der Waals surface area contributed by atoms with Gasteiger partial charge in [-0.1, -0.05) is 15.9 Å². The fraction of sp³-hybridized carbons (Fsp3) is 0.333. The number of halogens is 2. The average Bonchev–Trinajstić information content (AvgIpc) is 2.37. The van der Waals surface area contributed by atoms with E-state index in [2.05, 4.69) is 21.2 Å². The summed E-state index contributed by atoms with van der Waals surface area (Å²) < 4.78 is 13.3. The number of nitrogens with one attached hydrogen (secondary N) is 1. The van der Waals surface area contributed by atoms with Crippen LogP contribution in [0.2, 0.25) is 0 Å². The van der Waals surface area contributed by atoms with Crippen molar-refractivity contribution in [2.75, 3.05) is 6.67 Å². The molecule has 0 heterocycles. The van der Waals surface area contributed by atoms with Crippen molar-refractivity contribution in [2.24, 2.45) is 0 Å². The summed E-state index contributed by atoms with van der Waals surface area (Å²) in [7, 11) is 0. The average molecular weight is 350 g/mol. The van der Waals surface area contributed by atoms with Gasteiger partial charge < -0.3 is 10.4 Å². The summed E-state index contributed by atoms with van der Waals surface area (Å²) in [4.78, 5) is 23.2. The number of thioether (sulfide) groups is 1. The van der Waals surface area contributed by atoms with Crippen LogP contribution in [0.1, 0.15) is 6.92 Å². The molecule has 0 aliphatic rings. The van der Waals surface area contributed by atoms with Gasteiger partial charge in [-0.25, -0.2) is 9.18 Å². The van der Waals surface area contributed by atoms with Gasteiger partial charge in [0.15, 0.2) is 6.04 Å². The number of rotatable bonds is 6. The van der Waals surface area contributed by atoms with Crippen LogP contribution in [0.4, 0.5) is 4.39 Å². The van der Waals surface area contributed by atoms with Gasteiger partial charge in [0.2, 0.25) is 5.91 Å². The summed E-state index contributed by atoms with van der Waals surface area (Å²) in [6.45, 7) is 0.510. The largest absolute Gasteiger partial charge is 0.480 e. The maximum Gasteiger partial charge on any atom is 0.328 e. The van der Waals surface area contributed by atoms with E-state index >= 15 is 0 Å². The molecular weight excluding hydrogens is 337 g/mol. The number of aliphatic carboxylic acids is 1. The molecule has 7 heteroatoms. The molecule has 1 amide bonds. The van der Waals surface area contributed by atoms with E-state index in [4.69, 9.17) is 5.11 Å². The first-order chi connectivity index (χ1) is 8.93. The quantitative estimate of drug-likeness (QED) is 0.774. The predicted octanol–water partition coefficient (Wildman–Crippen LogP) is 2.47. The Balaban J connectivity index is 2.57. The zero-order valence-electron chi connectivity index (χ0n) is 10.1. The van der Waals surface area contributed by atoms with Gasteiger partial charge in [-0.15, -0.1) is 11.8 Å². The molecule has 0 fully saturated rings. The zero-order valence-corrected chi connectivity index (χ0v) is 12.5. The van der Waals surface area contributed by atoms with Gasteiger partial charge >= 0.3 is 5.97 Å². The molecule has 1 rings (SSSR count). The van der Waals surface area contributed by atoms with Crippen LogP contribution in [0.5, 0.6) is 0 Å². The van der Waals surface area contributed by atoms with E-state index in [0.29, 0.717) is 0 Å². The highest BCUT2D eigenvalue weighted by Crippen LogP contribution is 2.24. The van der Waals surface area contributed by atoms with E-state index in [1.807, 2.05) is 24.3 Å². The van der Waals surface area contributed by atoms with Crippen LogP contribution < -0.4 is 5.32 Å². The standard InChI is InChI=1S/C12H13BrFNO3S/c1-7(11(16)15-10(6-14)12(17)18)19-9-4-2-8(13)3-5-9/h2-5,7,10H,6H2,1H3,(H,15,16)(H,17,18). The smallest absolute Gasteiger partial charge is 0.328 e. The van der Waals surface area contributed by atoms with Gasteiger partial charge in [-0.05, 0) is 31.2 Å².